The van der Waals surface area contributed by atoms with E-state index < -0.39 is 0 Å². The Morgan fingerprint density at radius 1 is 1.07 bits per heavy atom. The number of rotatable bonds is 7. The van der Waals surface area contributed by atoms with Gasteiger partial charge in [-0.25, -0.2) is 9.97 Å². The molecule has 144 valence electrons. The number of benzene rings is 1. The van der Waals surface area contributed by atoms with Gasteiger partial charge >= 0.3 is 0 Å². The Bertz CT molecular complexity index is 855. The van der Waals surface area contributed by atoms with Crippen molar-refractivity contribution in [1.29, 1.82) is 5.26 Å². The summed E-state index contributed by atoms with van der Waals surface area (Å²) >= 11 is 0. The van der Waals surface area contributed by atoms with E-state index in [9.17, 15) is 9.59 Å². The van der Waals surface area contributed by atoms with Crippen LogP contribution in [0.4, 0.5) is 0 Å². The van der Waals surface area contributed by atoms with Crippen molar-refractivity contribution in [2.45, 2.75) is 50.7 Å². The first-order chi connectivity index (χ1) is 13.7. The van der Waals surface area contributed by atoms with Crippen molar-refractivity contribution in [3.8, 4) is 11.9 Å². The van der Waals surface area contributed by atoms with Crippen LogP contribution in [0, 0.1) is 11.3 Å². The highest BCUT2D eigenvalue weighted by Crippen LogP contribution is 2.24. The zero-order valence-electron chi connectivity index (χ0n) is 15.5. The molecule has 0 radical (unpaired) electrons. The molecule has 0 saturated heterocycles. The molecule has 0 unspecified atom stereocenters. The first-order valence-electron chi connectivity index (χ1n) is 9.41. The van der Waals surface area contributed by atoms with E-state index in [1.54, 1.807) is 12.1 Å². The molecule has 7 heteroatoms. The number of hydrogen-bond donors (Lipinski definition) is 1. The molecule has 7 nitrogen and oxygen atoms in total. The molecule has 1 heterocycles. The Balaban J connectivity index is 1.40. The first-order valence-corrected chi connectivity index (χ1v) is 9.41. The Hall–Kier alpha value is -3.27. The molecule has 2 aromatic rings. The molecule has 28 heavy (non-hydrogen) atoms. The average molecular weight is 378 g/mol. The zero-order valence-corrected chi connectivity index (χ0v) is 15.5. The minimum Gasteiger partial charge on any atom is -0.472 e. The molecule has 1 aliphatic carbocycles. The normalized spacial score (nSPS) is 18.7. The van der Waals surface area contributed by atoms with Gasteiger partial charge in [-0.3, -0.25) is 9.59 Å². The summed E-state index contributed by atoms with van der Waals surface area (Å²) in [4.78, 5) is 32.2. The third kappa shape index (κ3) is 5.36. The van der Waals surface area contributed by atoms with E-state index in [0.717, 1.165) is 25.7 Å². The Kier molecular flexibility index (Phi) is 6.68. The van der Waals surface area contributed by atoms with Gasteiger partial charge in [0.15, 0.2) is 5.78 Å². The number of hydrogen-bond acceptors (Lipinski definition) is 6. The number of nitriles is 1. The molecule has 1 fully saturated rings. The number of aromatic nitrogens is 2. The maximum Gasteiger partial charge on any atom is 0.251 e. The van der Waals surface area contributed by atoms with Crippen LogP contribution >= 0.6 is 0 Å². The largest absolute Gasteiger partial charge is 0.472 e. The monoisotopic (exact) mass is 378 g/mol. The van der Waals surface area contributed by atoms with Gasteiger partial charge < -0.3 is 10.1 Å². The lowest BCUT2D eigenvalue weighted by Crippen LogP contribution is -2.39. The number of amides is 1. The van der Waals surface area contributed by atoms with E-state index in [0.29, 0.717) is 5.56 Å². The van der Waals surface area contributed by atoms with Crippen molar-refractivity contribution in [3.05, 3.63) is 54.0 Å². The lowest BCUT2D eigenvalue weighted by atomic mass is 9.92. The number of nitrogens with zero attached hydrogens (tertiary/aromatic N) is 3. The molecule has 1 aromatic carbocycles. The summed E-state index contributed by atoms with van der Waals surface area (Å²) in [6, 6.07) is 11.1. The smallest absolute Gasteiger partial charge is 0.251 e. The lowest BCUT2D eigenvalue weighted by Gasteiger charge is -2.29. The fraction of sp³-hybridized carbons (Fsp3) is 0.381. The van der Waals surface area contributed by atoms with Crippen LogP contribution in [0.3, 0.4) is 0 Å². The van der Waals surface area contributed by atoms with Crippen LogP contribution in [0.2, 0.25) is 0 Å². The average Bonchev–Trinajstić information content (AvgIpc) is 2.74. The number of ether oxygens (including phenoxy) is 1. The van der Waals surface area contributed by atoms with E-state index in [-0.39, 0.29) is 48.3 Å². The van der Waals surface area contributed by atoms with Gasteiger partial charge in [0.05, 0.1) is 0 Å². The van der Waals surface area contributed by atoms with Crippen LogP contribution < -0.4 is 10.1 Å². The predicted octanol–water partition coefficient (Wildman–Crippen LogP) is 2.82. The summed E-state index contributed by atoms with van der Waals surface area (Å²) in [6.07, 6.45) is 6.39. The van der Waals surface area contributed by atoms with Crippen molar-refractivity contribution in [3.63, 3.8) is 0 Å². The second kappa shape index (κ2) is 9.60. The van der Waals surface area contributed by atoms with Crippen molar-refractivity contribution in [2.75, 3.05) is 0 Å². The standard InChI is InChI=1S/C21H22N4O3/c22-14-18-21(24-13-12-23-18)28-17-8-6-16(7-9-17)25-20(27)11-10-19(26)15-4-2-1-3-5-15/h1-5,12-13,16-17H,6-11H2,(H,25,27). The molecule has 1 amide bonds. The van der Waals surface area contributed by atoms with Crippen molar-refractivity contribution >= 4 is 11.7 Å². The quantitative estimate of drug-likeness (QED) is 0.743. The summed E-state index contributed by atoms with van der Waals surface area (Å²) in [5, 5.41) is 12.1. The Morgan fingerprint density at radius 2 is 1.79 bits per heavy atom. The number of Topliss-reactive ketones (excluding diaryl/α,β-unsaturated/α-hetero) is 1. The Morgan fingerprint density at radius 3 is 2.50 bits per heavy atom. The highest BCUT2D eigenvalue weighted by molar-refractivity contribution is 5.97. The molecule has 1 saturated carbocycles. The molecule has 0 atom stereocenters. The molecule has 3 rings (SSSR count). The van der Waals surface area contributed by atoms with Crippen LogP contribution in [0.25, 0.3) is 0 Å². The second-order valence-corrected chi connectivity index (χ2v) is 6.77. The van der Waals surface area contributed by atoms with Gasteiger partial charge in [-0.1, -0.05) is 30.3 Å². The first kappa shape index (κ1) is 19.5. The Labute approximate surface area is 163 Å². The molecule has 0 spiro atoms. The van der Waals surface area contributed by atoms with Crippen LogP contribution in [0.1, 0.15) is 54.6 Å². The minimum atomic E-state index is -0.102. The molecular weight excluding hydrogens is 356 g/mol. The molecule has 0 bridgehead atoms. The summed E-state index contributed by atoms with van der Waals surface area (Å²) in [7, 11) is 0. The number of nitrogens with one attached hydrogen (secondary N) is 1. The van der Waals surface area contributed by atoms with Gasteiger partial charge in [-0.2, -0.15) is 5.26 Å². The number of carbonyl (C=O) groups is 2. The SMILES string of the molecule is N#Cc1nccnc1OC1CCC(NC(=O)CCC(=O)c2ccccc2)CC1. The van der Waals surface area contributed by atoms with Gasteiger partial charge in [-0.15, -0.1) is 0 Å². The highest BCUT2D eigenvalue weighted by Gasteiger charge is 2.25. The number of carbonyl (C=O) groups excluding carboxylic acids is 2. The van der Waals surface area contributed by atoms with Crippen LogP contribution in [-0.2, 0) is 4.79 Å². The summed E-state index contributed by atoms with van der Waals surface area (Å²) in [5.41, 5.74) is 0.815. The summed E-state index contributed by atoms with van der Waals surface area (Å²) < 4.78 is 5.81. The molecule has 1 aliphatic rings. The van der Waals surface area contributed by atoms with Gasteiger partial charge in [-0.05, 0) is 25.7 Å². The maximum absolute atomic E-state index is 12.2. The highest BCUT2D eigenvalue weighted by atomic mass is 16.5. The fourth-order valence-electron chi connectivity index (χ4n) is 3.27. The van der Waals surface area contributed by atoms with Crippen LogP contribution in [0.5, 0.6) is 5.88 Å². The van der Waals surface area contributed by atoms with Crippen molar-refractivity contribution in [2.24, 2.45) is 0 Å². The van der Waals surface area contributed by atoms with Crippen LogP contribution in [-0.4, -0.2) is 33.8 Å². The third-order valence-electron chi connectivity index (χ3n) is 4.76. The minimum absolute atomic E-state index is 0.0230. The fourth-order valence-corrected chi connectivity index (χ4v) is 3.27. The van der Waals surface area contributed by atoms with E-state index in [1.165, 1.54) is 12.4 Å². The summed E-state index contributed by atoms with van der Waals surface area (Å²) in [6.45, 7) is 0. The van der Waals surface area contributed by atoms with Gasteiger partial charge in [0, 0.05) is 36.8 Å². The molecule has 0 aliphatic heterocycles. The summed E-state index contributed by atoms with van der Waals surface area (Å²) in [5.74, 6) is 0.136. The lowest BCUT2D eigenvalue weighted by molar-refractivity contribution is -0.122. The van der Waals surface area contributed by atoms with Crippen molar-refractivity contribution < 1.29 is 14.3 Å². The predicted molar refractivity (Wildman–Crippen MR) is 102 cm³/mol. The van der Waals surface area contributed by atoms with E-state index in [4.69, 9.17) is 10.00 Å². The van der Waals surface area contributed by atoms with Crippen molar-refractivity contribution in [1.82, 2.24) is 15.3 Å². The topological polar surface area (TPSA) is 105 Å². The zero-order chi connectivity index (χ0) is 19.8. The van der Waals surface area contributed by atoms with E-state index in [1.807, 2.05) is 24.3 Å². The maximum atomic E-state index is 12.2. The van der Waals surface area contributed by atoms with Crippen LogP contribution in [0.15, 0.2) is 42.7 Å². The molecule has 1 N–H and O–H groups in total. The van der Waals surface area contributed by atoms with E-state index in [2.05, 4.69) is 15.3 Å². The third-order valence-corrected chi connectivity index (χ3v) is 4.76. The van der Waals surface area contributed by atoms with Gasteiger partial charge in [0.1, 0.15) is 12.2 Å². The number of ketones is 1. The van der Waals surface area contributed by atoms with Gasteiger partial charge in [0.2, 0.25) is 11.6 Å². The van der Waals surface area contributed by atoms with Gasteiger partial charge in [0.25, 0.3) is 5.88 Å². The molecule has 1 aromatic heterocycles. The second-order valence-electron chi connectivity index (χ2n) is 6.77. The molecular formula is C21H22N4O3. The van der Waals surface area contributed by atoms with E-state index >= 15 is 0 Å².